The van der Waals surface area contributed by atoms with Gasteiger partial charge in [0.05, 0.1) is 0 Å². The van der Waals surface area contributed by atoms with E-state index in [1.807, 2.05) is 51.3 Å². The van der Waals surface area contributed by atoms with Gasteiger partial charge in [0.25, 0.3) is 0 Å². The van der Waals surface area contributed by atoms with Crippen molar-refractivity contribution in [2.75, 3.05) is 0 Å². The molecular weight excluding hydrogens is 274 g/mol. The van der Waals surface area contributed by atoms with Crippen molar-refractivity contribution in [1.82, 2.24) is 5.23 Å². The van der Waals surface area contributed by atoms with Crippen LogP contribution in [0, 0.1) is 6.92 Å². The molecule has 1 rings (SSSR count). The molecule has 0 heterocycles. The molecular formula is C12H17BNOY-. The van der Waals surface area contributed by atoms with E-state index in [1.165, 1.54) is 0 Å². The molecule has 0 saturated heterocycles. The molecule has 0 aromatic heterocycles. The standard InChI is InChI=1S/C10H11BNO.C2H6.Y/c1-8-4-2-3-5-9(8)6-10(7-13)12-11;1-2;/h2-5,10,12H,6H2,1H3;1-2H3;/q-1;;. The second-order valence-corrected chi connectivity index (χ2v) is 2.97. The third-order valence-corrected chi connectivity index (χ3v) is 2.03. The SMILES string of the molecule is CC.[B]NC([C-]=O)Cc1ccccc1C.[Y]. The summed E-state index contributed by atoms with van der Waals surface area (Å²) in [5.41, 5.74) is 2.28. The maximum Gasteiger partial charge on any atom is 0.175 e. The molecule has 0 aliphatic heterocycles. The van der Waals surface area contributed by atoms with E-state index in [0.717, 1.165) is 11.1 Å². The van der Waals surface area contributed by atoms with Crippen molar-refractivity contribution in [3.63, 3.8) is 0 Å². The van der Waals surface area contributed by atoms with Gasteiger partial charge in [-0.2, -0.15) is 0 Å². The van der Waals surface area contributed by atoms with E-state index in [1.54, 1.807) is 0 Å². The van der Waals surface area contributed by atoms with E-state index in [2.05, 4.69) is 5.23 Å². The predicted octanol–water partition coefficient (Wildman–Crippen LogP) is 1.71. The van der Waals surface area contributed by atoms with E-state index < -0.39 is 6.04 Å². The summed E-state index contributed by atoms with van der Waals surface area (Å²) in [6.45, 7) is 6.01. The maximum absolute atomic E-state index is 10.4. The Balaban J connectivity index is 0. The number of carbonyl (C=O) groups excluding carboxylic acids is 1. The molecule has 0 aliphatic carbocycles. The smallest absolute Gasteiger partial charge is 0.175 e. The van der Waals surface area contributed by atoms with Crippen LogP contribution in [0.25, 0.3) is 0 Å². The monoisotopic (exact) mass is 291 g/mol. The third-order valence-electron chi connectivity index (χ3n) is 2.03. The van der Waals surface area contributed by atoms with Gasteiger partial charge in [-0.25, -0.2) is 6.29 Å². The first kappa shape index (κ1) is 18.4. The van der Waals surface area contributed by atoms with Crippen LogP contribution in [-0.4, -0.2) is 20.3 Å². The molecule has 1 atom stereocenters. The fourth-order valence-electron chi connectivity index (χ4n) is 1.19. The van der Waals surface area contributed by atoms with Crippen molar-refractivity contribution in [1.29, 1.82) is 0 Å². The third kappa shape index (κ3) is 6.57. The summed E-state index contributed by atoms with van der Waals surface area (Å²) in [6, 6.07) is 7.49. The Hall–Kier alpha value is 0.0188. The van der Waals surface area contributed by atoms with E-state index in [4.69, 9.17) is 7.98 Å². The van der Waals surface area contributed by atoms with Crippen molar-refractivity contribution < 1.29 is 37.5 Å². The normalized spacial score (nSPS) is 10.4. The van der Waals surface area contributed by atoms with Gasteiger partial charge in [-0.15, -0.1) is 0 Å². The van der Waals surface area contributed by atoms with Gasteiger partial charge in [-0.1, -0.05) is 44.2 Å². The van der Waals surface area contributed by atoms with Crippen LogP contribution in [-0.2, 0) is 43.9 Å². The van der Waals surface area contributed by atoms with Crippen molar-refractivity contribution >= 4 is 14.3 Å². The average molecular weight is 291 g/mol. The van der Waals surface area contributed by atoms with E-state index in [-0.39, 0.29) is 32.7 Å². The zero-order valence-electron chi connectivity index (χ0n) is 10.2. The molecule has 0 aliphatic rings. The molecule has 0 bridgehead atoms. The van der Waals surface area contributed by atoms with Crippen LogP contribution in [0.4, 0.5) is 0 Å². The second kappa shape index (κ2) is 11.5. The minimum atomic E-state index is -0.416. The number of hydrogen-bond donors (Lipinski definition) is 1. The molecule has 2 nitrogen and oxygen atoms in total. The molecule has 0 fully saturated rings. The van der Waals surface area contributed by atoms with Crippen LogP contribution in [0.5, 0.6) is 0 Å². The zero-order valence-corrected chi connectivity index (χ0v) is 13.0. The van der Waals surface area contributed by atoms with Crippen LogP contribution < -0.4 is 5.23 Å². The molecule has 4 heteroatoms. The molecule has 1 unspecified atom stereocenters. The summed E-state index contributed by atoms with van der Waals surface area (Å²) >= 11 is 0. The quantitative estimate of drug-likeness (QED) is 0.676. The van der Waals surface area contributed by atoms with Crippen molar-refractivity contribution in [3.8, 4) is 0 Å². The average Bonchev–Trinajstić information content (AvgIpc) is 2.31. The topological polar surface area (TPSA) is 29.1 Å². The van der Waals surface area contributed by atoms with Gasteiger partial charge in [0, 0.05) is 32.7 Å². The Bertz CT molecular complexity index is 294. The van der Waals surface area contributed by atoms with Gasteiger partial charge in [0.15, 0.2) is 7.98 Å². The molecule has 0 saturated carbocycles. The van der Waals surface area contributed by atoms with Crippen LogP contribution >= 0.6 is 0 Å². The summed E-state index contributed by atoms with van der Waals surface area (Å²) < 4.78 is 0. The molecule has 0 spiro atoms. The van der Waals surface area contributed by atoms with Gasteiger partial charge in [0.2, 0.25) is 0 Å². The second-order valence-electron chi connectivity index (χ2n) is 2.97. The Morgan fingerprint density at radius 1 is 1.38 bits per heavy atom. The number of benzene rings is 1. The van der Waals surface area contributed by atoms with Crippen LogP contribution in [0.3, 0.4) is 0 Å². The molecule has 83 valence electrons. The van der Waals surface area contributed by atoms with Crippen molar-refractivity contribution in [3.05, 3.63) is 35.4 Å². The summed E-state index contributed by atoms with van der Waals surface area (Å²) in [7, 11) is 5.17. The fourth-order valence-corrected chi connectivity index (χ4v) is 1.19. The molecule has 1 N–H and O–H groups in total. The minimum absolute atomic E-state index is 0. The minimum Gasteiger partial charge on any atom is -0.540 e. The Kier molecular flexibility index (Phi) is 13.2. The van der Waals surface area contributed by atoms with E-state index in [0.29, 0.717) is 6.42 Å². The van der Waals surface area contributed by atoms with Gasteiger partial charge in [-0.05, 0) is 24.5 Å². The largest absolute Gasteiger partial charge is 0.540 e. The number of aryl methyl sites for hydroxylation is 1. The van der Waals surface area contributed by atoms with E-state index >= 15 is 0 Å². The Morgan fingerprint density at radius 3 is 2.38 bits per heavy atom. The summed E-state index contributed by atoms with van der Waals surface area (Å²) in [4.78, 5) is 10.4. The molecule has 1 aromatic carbocycles. The summed E-state index contributed by atoms with van der Waals surface area (Å²) in [5.74, 6) is 0. The summed E-state index contributed by atoms with van der Waals surface area (Å²) in [6.07, 6.45) is 2.43. The van der Waals surface area contributed by atoms with Gasteiger partial charge < -0.3 is 10.0 Å². The van der Waals surface area contributed by atoms with Crippen molar-refractivity contribution in [2.45, 2.75) is 33.2 Å². The fraction of sp³-hybridized carbons (Fsp3) is 0.417. The van der Waals surface area contributed by atoms with Crippen molar-refractivity contribution in [2.24, 2.45) is 0 Å². The summed E-state index contributed by atoms with van der Waals surface area (Å²) in [5, 5.41) is 2.40. The molecule has 1 aromatic rings. The van der Waals surface area contributed by atoms with E-state index in [9.17, 15) is 4.79 Å². The van der Waals surface area contributed by atoms with Gasteiger partial charge in [0.1, 0.15) is 0 Å². The van der Waals surface area contributed by atoms with Gasteiger partial charge in [-0.3, -0.25) is 0 Å². The number of nitrogens with one attached hydrogen (secondary N) is 1. The van der Waals surface area contributed by atoms with Gasteiger partial charge >= 0.3 is 0 Å². The first-order valence-corrected chi connectivity index (χ1v) is 5.16. The Morgan fingerprint density at radius 2 is 1.94 bits per heavy atom. The van der Waals surface area contributed by atoms with Crippen LogP contribution in [0.1, 0.15) is 25.0 Å². The molecule has 16 heavy (non-hydrogen) atoms. The van der Waals surface area contributed by atoms with Crippen LogP contribution in [0.15, 0.2) is 24.3 Å². The number of rotatable bonds is 4. The Labute approximate surface area is 125 Å². The maximum atomic E-state index is 10.4. The first-order chi connectivity index (χ1) is 7.27. The van der Waals surface area contributed by atoms with Crippen LogP contribution in [0.2, 0.25) is 0 Å². The predicted molar refractivity (Wildman–Crippen MR) is 64.6 cm³/mol. The molecule has 3 radical (unpaired) electrons. The zero-order chi connectivity index (χ0) is 11.7. The first-order valence-electron chi connectivity index (χ1n) is 5.16. The number of hydrogen-bond acceptors (Lipinski definition) is 2. The molecule has 0 amide bonds.